The molecule has 0 unspecified atom stereocenters. The maximum absolute atomic E-state index is 13.0. The van der Waals surface area contributed by atoms with Crippen molar-refractivity contribution in [3.8, 4) is 0 Å². The van der Waals surface area contributed by atoms with Gasteiger partial charge in [-0.1, -0.05) is 36.4 Å². The summed E-state index contributed by atoms with van der Waals surface area (Å²) in [5, 5.41) is 2.82. The van der Waals surface area contributed by atoms with E-state index in [0.717, 1.165) is 0 Å². The molecule has 0 spiro atoms. The van der Waals surface area contributed by atoms with Crippen LogP contribution in [0, 0.1) is 0 Å². The lowest BCUT2D eigenvalue weighted by atomic mass is 10.2. The number of para-hydroxylation sites is 2. The van der Waals surface area contributed by atoms with Crippen molar-refractivity contribution in [2.45, 2.75) is 0 Å². The van der Waals surface area contributed by atoms with Gasteiger partial charge in [0, 0.05) is 11.9 Å². The highest BCUT2D eigenvalue weighted by Gasteiger charge is 2.42. The van der Waals surface area contributed by atoms with Crippen molar-refractivity contribution >= 4 is 29.3 Å². The Balaban J connectivity index is 1.85. The first-order valence-electron chi connectivity index (χ1n) is 7.90. The van der Waals surface area contributed by atoms with Gasteiger partial charge in [0.15, 0.2) is 0 Å². The number of nitrogens with zero attached hydrogens (tertiary/aromatic N) is 2. The fourth-order valence-corrected chi connectivity index (χ4v) is 2.82. The normalized spacial score (nSPS) is 14.3. The maximum atomic E-state index is 13.0. The summed E-state index contributed by atoms with van der Waals surface area (Å²) < 4.78 is 0. The minimum absolute atomic E-state index is 0.121. The molecule has 0 saturated carbocycles. The highest BCUT2D eigenvalue weighted by molar-refractivity contribution is 6.37. The van der Waals surface area contributed by atoms with Gasteiger partial charge in [-0.3, -0.25) is 9.59 Å². The minimum atomic E-state index is -0.352. The van der Waals surface area contributed by atoms with Gasteiger partial charge in [-0.2, -0.15) is 0 Å². The highest BCUT2D eigenvalue weighted by Crippen LogP contribution is 2.31. The van der Waals surface area contributed by atoms with Gasteiger partial charge in [0.05, 0.1) is 11.4 Å². The number of rotatable bonds is 3. The molecule has 4 rings (SSSR count). The molecule has 1 fully saturated rings. The largest absolute Gasteiger partial charge is 0.362 e. The summed E-state index contributed by atoms with van der Waals surface area (Å²) in [7, 11) is 0. The number of aromatic nitrogens is 1. The SMILES string of the molecule is O=C1C(=Cc2ccc[nH]2)C(=O)N(c2ccccc2)N1c1ccccc1. The quantitative estimate of drug-likeness (QED) is 0.591. The predicted octanol–water partition coefficient (Wildman–Crippen LogP) is 3.39. The van der Waals surface area contributed by atoms with Crippen LogP contribution in [0.1, 0.15) is 5.69 Å². The molecular formula is C20H15N3O2. The molecule has 1 aromatic heterocycles. The van der Waals surface area contributed by atoms with Crippen molar-refractivity contribution in [3.63, 3.8) is 0 Å². The topological polar surface area (TPSA) is 56.4 Å². The third-order valence-electron chi connectivity index (χ3n) is 3.97. The molecule has 3 aromatic rings. The van der Waals surface area contributed by atoms with Crippen molar-refractivity contribution in [2.75, 3.05) is 10.0 Å². The van der Waals surface area contributed by atoms with Crippen molar-refractivity contribution in [2.24, 2.45) is 0 Å². The zero-order chi connectivity index (χ0) is 17.2. The lowest BCUT2D eigenvalue weighted by Gasteiger charge is -2.27. The third-order valence-corrected chi connectivity index (χ3v) is 3.97. The molecule has 2 heterocycles. The lowest BCUT2D eigenvalue weighted by molar-refractivity contribution is -0.116. The van der Waals surface area contributed by atoms with Crippen LogP contribution < -0.4 is 10.0 Å². The van der Waals surface area contributed by atoms with Gasteiger partial charge in [-0.05, 0) is 42.5 Å². The molecule has 1 aliphatic heterocycles. The Kier molecular flexibility index (Phi) is 3.67. The van der Waals surface area contributed by atoms with Crippen molar-refractivity contribution in [1.29, 1.82) is 0 Å². The van der Waals surface area contributed by atoms with Crippen LogP contribution in [-0.4, -0.2) is 16.8 Å². The Morgan fingerprint density at radius 2 is 1.20 bits per heavy atom. The average Bonchev–Trinajstić information content (AvgIpc) is 3.25. The fourth-order valence-electron chi connectivity index (χ4n) is 2.82. The van der Waals surface area contributed by atoms with E-state index in [2.05, 4.69) is 4.98 Å². The van der Waals surface area contributed by atoms with Gasteiger partial charge in [0.2, 0.25) is 0 Å². The van der Waals surface area contributed by atoms with E-state index >= 15 is 0 Å². The Morgan fingerprint density at radius 3 is 1.64 bits per heavy atom. The average molecular weight is 329 g/mol. The summed E-state index contributed by atoms with van der Waals surface area (Å²) in [5.41, 5.74) is 2.11. The number of carbonyl (C=O) groups excluding carboxylic acids is 2. The number of hydrazine groups is 1. The van der Waals surface area contributed by atoms with Gasteiger partial charge in [0.25, 0.3) is 11.8 Å². The maximum Gasteiger partial charge on any atom is 0.283 e. The van der Waals surface area contributed by atoms with Crippen LogP contribution in [0.5, 0.6) is 0 Å². The minimum Gasteiger partial charge on any atom is -0.362 e. The van der Waals surface area contributed by atoms with Crippen LogP contribution in [-0.2, 0) is 9.59 Å². The second-order valence-corrected chi connectivity index (χ2v) is 5.59. The number of nitrogens with one attached hydrogen (secondary N) is 1. The second kappa shape index (κ2) is 6.13. The highest BCUT2D eigenvalue weighted by atomic mass is 16.2. The standard InChI is InChI=1S/C20H15N3O2/c24-19-18(14-15-8-7-13-21-15)20(25)23(17-11-5-2-6-12-17)22(19)16-9-3-1-4-10-16/h1-14,21H. The third kappa shape index (κ3) is 2.61. The number of amides is 2. The first-order valence-corrected chi connectivity index (χ1v) is 7.90. The van der Waals surface area contributed by atoms with Crippen molar-refractivity contribution < 1.29 is 9.59 Å². The molecule has 25 heavy (non-hydrogen) atoms. The molecule has 1 saturated heterocycles. The van der Waals surface area contributed by atoms with Crippen molar-refractivity contribution in [3.05, 3.63) is 90.3 Å². The monoisotopic (exact) mass is 329 g/mol. The molecule has 0 atom stereocenters. The summed E-state index contributed by atoms with van der Waals surface area (Å²) in [6, 6.07) is 21.9. The molecule has 2 amide bonds. The molecule has 0 bridgehead atoms. The molecule has 0 radical (unpaired) electrons. The smallest absolute Gasteiger partial charge is 0.283 e. The Labute approximate surface area is 144 Å². The van der Waals surface area contributed by atoms with Crippen LogP contribution in [0.3, 0.4) is 0 Å². The number of anilines is 2. The molecule has 2 aromatic carbocycles. The predicted molar refractivity (Wildman–Crippen MR) is 96.6 cm³/mol. The molecule has 1 N–H and O–H groups in total. The zero-order valence-corrected chi connectivity index (χ0v) is 13.3. The number of H-pyrrole nitrogens is 1. The lowest BCUT2D eigenvalue weighted by Crippen LogP contribution is -2.41. The van der Waals surface area contributed by atoms with E-state index in [0.29, 0.717) is 17.1 Å². The van der Waals surface area contributed by atoms with E-state index in [9.17, 15) is 9.59 Å². The summed E-state index contributed by atoms with van der Waals surface area (Å²) >= 11 is 0. The summed E-state index contributed by atoms with van der Waals surface area (Å²) in [6.07, 6.45) is 3.34. The summed E-state index contributed by atoms with van der Waals surface area (Å²) in [4.78, 5) is 29.0. The van der Waals surface area contributed by atoms with E-state index in [-0.39, 0.29) is 17.4 Å². The molecule has 5 nitrogen and oxygen atoms in total. The Hall–Kier alpha value is -3.60. The summed E-state index contributed by atoms with van der Waals surface area (Å²) in [5.74, 6) is -0.704. The first-order chi connectivity index (χ1) is 12.3. The number of hydrogen-bond acceptors (Lipinski definition) is 2. The number of benzene rings is 2. The first kappa shape index (κ1) is 15.0. The molecule has 1 aliphatic rings. The molecule has 5 heteroatoms. The van der Waals surface area contributed by atoms with Crippen LogP contribution in [0.4, 0.5) is 11.4 Å². The zero-order valence-electron chi connectivity index (χ0n) is 13.3. The van der Waals surface area contributed by atoms with E-state index in [1.54, 1.807) is 36.5 Å². The van der Waals surface area contributed by atoms with Gasteiger partial charge in [0.1, 0.15) is 5.57 Å². The van der Waals surface area contributed by atoms with Crippen LogP contribution in [0.25, 0.3) is 6.08 Å². The number of carbonyl (C=O) groups is 2. The van der Waals surface area contributed by atoms with Gasteiger partial charge in [-0.15, -0.1) is 0 Å². The van der Waals surface area contributed by atoms with Gasteiger partial charge >= 0.3 is 0 Å². The second-order valence-electron chi connectivity index (χ2n) is 5.59. The molecule has 122 valence electrons. The van der Waals surface area contributed by atoms with Crippen molar-refractivity contribution in [1.82, 2.24) is 4.98 Å². The van der Waals surface area contributed by atoms with Crippen LogP contribution >= 0.6 is 0 Å². The van der Waals surface area contributed by atoms with E-state index < -0.39 is 0 Å². The Bertz CT molecular complexity index is 872. The van der Waals surface area contributed by atoms with Gasteiger partial charge in [-0.25, -0.2) is 10.0 Å². The van der Waals surface area contributed by atoms with Crippen LogP contribution in [0.15, 0.2) is 84.6 Å². The molecule has 0 aliphatic carbocycles. The van der Waals surface area contributed by atoms with Gasteiger partial charge < -0.3 is 4.98 Å². The van der Waals surface area contributed by atoms with Crippen LogP contribution in [0.2, 0.25) is 0 Å². The van der Waals surface area contributed by atoms with E-state index in [1.807, 2.05) is 48.5 Å². The van der Waals surface area contributed by atoms with E-state index in [4.69, 9.17) is 0 Å². The fraction of sp³-hybridized carbons (Fsp3) is 0. The summed E-state index contributed by atoms with van der Waals surface area (Å²) in [6.45, 7) is 0. The number of aromatic amines is 1. The number of hydrogen-bond donors (Lipinski definition) is 1. The molecular weight excluding hydrogens is 314 g/mol. The Morgan fingerprint density at radius 1 is 0.680 bits per heavy atom. The van der Waals surface area contributed by atoms with E-state index in [1.165, 1.54) is 10.0 Å².